The van der Waals surface area contributed by atoms with Crippen molar-refractivity contribution in [2.75, 3.05) is 19.6 Å². The highest BCUT2D eigenvalue weighted by molar-refractivity contribution is 5.76. The van der Waals surface area contributed by atoms with Crippen molar-refractivity contribution in [1.29, 1.82) is 0 Å². The molecule has 0 aromatic heterocycles. The molecule has 2 rings (SSSR count). The standard InChI is InChI=1S/C13H22N2O3/c16-12(17)11-5-2-8-15(9-11)13(18)14-7-6-10-3-1-4-10/h10-11H,1-9H2,(H,14,18)(H,16,17). The van der Waals surface area contributed by atoms with Gasteiger partial charge in [0, 0.05) is 19.6 Å². The van der Waals surface area contributed by atoms with Crippen LogP contribution in [0.4, 0.5) is 4.79 Å². The highest BCUT2D eigenvalue weighted by Crippen LogP contribution is 2.28. The number of carbonyl (C=O) groups excluding carboxylic acids is 1. The molecule has 2 aliphatic rings. The van der Waals surface area contributed by atoms with Crippen LogP contribution in [0.15, 0.2) is 0 Å². The van der Waals surface area contributed by atoms with E-state index in [9.17, 15) is 9.59 Å². The fourth-order valence-corrected chi connectivity index (χ4v) is 2.64. The van der Waals surface area contributed by atoms with E-state index in [0.717, 1.165) is 25.3 Å². The summed E-state index contributed by atoms with van der Waals surface area (Å²) in [6, 6.07) is -0.0970. The van der Waals surface area contributed by atoms with Crippen LogP contribution < -0.4 is 5.32 Å². The Hall–Kier alpha value is -1.26. The van der Waals surface area contributed by atoms with Gasteiger partial charge in [0.25, 0.3) is 0 Å². The number of hydrogen-bond donors (Lipinski definition) is 2. The third kappa shape index (κ3) is 3.37. The minimum absolute atomic E-state index is 0.0970. The zero-order valence-electron chi connectivity index (χ0n) is 10.7. The average molecular weight is 254 g/mol. The first-order chi connectivity index (χ1) is 8.66. The third-order valence-electron chi connectivity index (χ3n) is 4.11. The molecule has 1 atom stereocenters. The molecule has 1 saturated carbocycles. The molecule has 102 valence electrons. The Kier molecular flexibility index (Phi) is 4.44. The maximum Gasteiger partial charge on any atom is 0.317 e. The zero-order chi connectivity index (χ0) is 13.0. The number of urea groups is 1. The Morgan fingerprint density at radius 3 is 2.61 bits per heavy atom. The number of nitrogens with zero attached hydrogens (tertiary/aromatic N) is 1. The highest BCUT2D eigenvalue weighted by atomic mass is 16.4. The molecule has 5 nitrogen and oxygen atoms in total. The molecular weight excluding hydrogens is 232 g/mol. The Labute approximate surface area is 108 Å². The smallest absolute Gasteiger partial charge is 0.317 e. The van der Waals surface area contributed by atoms with Gasteiger partial charge in [-0.15, -0.1) is 0 Å². The summed E-state index contributed by atoms with van der Waals surface area (Å²) in [6.45, 7) is 1.75. The number of carboxylic acid groups (broad SMARTS) is 1. The van der Waals surface area contributed by atoms with Gasteiger partial charge in [0.05, 0.1) is 5.92 Å². The lowest BCUT2D eigenvalue weighted by molar-refractivity contribution is -0.143. The summed E-state index contributed by atoms with van der Waals surface area (Å²) in [4.78, 5) is 24.4. The van der Waals surface area contributed by atoms with Gasteiger partial charge >= 0.3 is 12.0 Å². The van der Waals surface area contributed by atoms with Crippen molar-refractivity contribution in [1.82, 2.24) is 10.2 Å². The molecule has 1 saturated heterocycles. The van der Waals surface area contributed by atoms with Crippen molar-refractivity contribution < 1.29 is 14.7 Å². The van der Waals surface area contributed by atoms with Gasteiger partial charge in [0.1, 0.15) is 0 Å². The molecule has 5 heteroatoms. The Balaban J connectivity index is 1.68. The lowest BCUT2D eigenvalue weighted by atomic mass is 9.83. The molecule has 0 bridgehead atoms. The van der Waals surface area contributed by atoms with E-state index < -0.39 is 11.9 Å². The lowest BCUT2D eigenvalue weighted by Crippen LogP contribution is -2.47. The third-order valence-corrected chi connectivity index (χ3v) is 4.11. The van der Waals surface area contributed by atoms with E-state index in [1.807, 2.05) is 0 Å². The van der Waals surface area contributed by atoms with Gasteiger partial charge in [-0.3, -0.25) is 4.79 Å². The number of hydrogen-bond acceptors (Lipinski definition) is 2. The fraction of sp³-hybridized carbons (Fsp3) is 0.846. The summed E-state index contributed by atoms with van der Waals surface area (Å²) in [6.07, 6.45) is 6.43. The fourth-order valence-electron chi connectivity index (χ4n) is 2.64. The van der Waals surface area contributed by atoms with Crippen LogP contribution in [0.25, 0.3) is 0 Å². The number of aliphatic carboxylic acids is 1. The van der Waals surface area contributed by atoms with Crippen molar-refractivity contribution in [3.8, 4) is 0 Å². The SMILES string of the molecule is O=C(O)C1CCCN(C(=O)NCCC2CCC2)C1. The van der Waals surface area contributed by atoms with E-state index in [4.69, 9.17) is 5.11 Å². The number of likely N-dealkylation sites (tertiary alicyclic amines) is 1. The zero-order valence-corrected chi connectivity index (χ0v) is 10.7. The normalized spacial score (nSPS) is 24.4. The molecular formula is C13H22N2O3. The van der Waals surface area contributed by atoms with Gasteiger partial charge in [0.2, 0.25) is 0 Å². The first-order valence-corrected chi connectivity index (χ1v) is 6.92. The molecule has 1 heterocycles. The van der Waals surface area contributed by atoms with Gasteiger partial charge in [-0.05, 0) is 25.2 Å². The van der Waals surface area contributed by atoms with Crippen LogP contribution in [0.5, 0.6) is 0 Å². The number of amides is 2. The monoisotopic (exact) mass is 254 g/mol. The number of nitrogens with one attached hydrogen (secondary N) is 1. The van der Waals surface area contributed by atoms with E-state index >= 15 is 0 Å². The molecule has 1 aliphatic heterocycles. The second-order valence-electron chi connectivity index (χ2n) is 5.44. The van der Waals surface area contributed by atoms with Crippen molar-refractivity contribution in [3.63, 3.8) is 0 Å². The van der Waals surface area contributed by atoms with Gasteiger partial charge in [-0.1, -0.05) is 19.3 Å². The van der Waals surface area contributed by atoms with Gasteiger partial charge in [-0.2, -0.15) is 0 Å². The summed E-state index contributed by atoms with van der Waals surface area (Å²) in [5.74, 6) is -0.392. The summed E-state index contributed by atoms with van der Waals surface area (Å²) < 4.78 is 0. The lowest BCUT2D eigenvalue weighted by Gasteiger charge is -2.31. The molecule has 2 amide bonds. The van der Waals surface area contributed by atoms with E-state index in [1.165, 1.54) is 19.3 Å². The Morgan fingerprint density at radius 1 is 1.22 bits per heavy atom. The molecule has 0 spiro atoms. The minimum Gasteiger partial charge on any atom is -0.481 e. The second-order valence-corrected chi connectivity index (χ2v) is 5.44. The number of rotatable bonds is 4. The quantitative estimate of drug-likeness (QED) is 0.802. The maximum absolute atomic E-state index is 11.9. The molecule has 0 aromatic carbocycles. The van der Waals surface area contributed by atoms with Crippen molar-refractivity contribution in [2.24, 2.45) is 11.8 Å². The molecule has 1 aliphatic carbocycles. The molecule has 0 aromatic rings. The number of piperidine rings is 1. The van der Waals surface area contributed by atoms with Crippen molar-refractivity contribution >= 4 is 12.0 Å². The summed E-state index contributed by atoms with van der Waals surface area (Å²) in [5, 5.41) is 11.9. The van der Waals surface area contributed by atoms with Gasteiger partial charge in [-0.25, -0.2) is 4.79 Å². The first kappa shape index (κ1) is 13.2. The first-order valence-electron chi connectivity index (χ1n) is 6.92. The molecule has 2 fully saturated rings. The average Bonchev–Trinajstić information content (AvgIpc) is 2.32. The minimum atomic E-state index is -0.790. The number of carbonyl (C=O) groups is 2. The van der Waals surface area contributed by atoms with Crippen molar-refractivity contribution in [2.45, 2.75) is 38.5 Å². The molecule has 2 N–H and O–H groups in total. The number of carboxylic acids is 1. The molecule has 18 heavy (non-hydrogen) atoms. The second kappa shape index (κ2) is 6.07. The van der Waals surface area contributed by atoms with Gasteiger partial charge < -0.3 is 15.3 Å². The topological polar surface area (TPSA) is 69.6 Å². The van der Waals surface area contributed by atoms with Crippen LogP contribution in [-0.2, 0) is 4.79 Å². The molecule has 0 radical (unpaired) electrons. The predicted molar refractivity (Wildman–Crippen MR) is 67.3 cm³/mol. The maximum atomic E-state index is 11.9. The largest absolute Gasteiger partial charge is 0.481 e. The highest BCUT2D eigenvalue weighted by Gasteiger charge is 2.28. The Morgan fingerprint density at radius 2 is 2.00 bits per heavy atom. The van der Waals surface area contributed by atoms with Crippen LogP contribution >= 0.6 is 0 Å². The van der Waals surface area contributed by atoms with Crippen LogP contribution in [0.3, 0.4) is 0 Å². The van der Waals surface area contributed by atoms with E-state index in [0.29, 0.717) is 19.5 Å². The van der Waals surface area contributed by atoms with Crippen LogP contribution in [0.2, 0.25) is 0 Å². The van der Waals surface area contributed by atoms with Crippen LogP contribution in [0.1, 0.15) is 38.5 Å². The summed E-state index contributed by atoms with van der Waals surface area (Å²) >= 11 is 0. The Bertz CT molecular complexity index is 315. The van der Waals surface area contributed by atoms with Crippen LogP contribution in [-0.4, -0.2) is 41.6 Å². The van der Waals surface area contributed by atoms with Gasteiger partial charge in [0.15, 0.2) is 0 Å². The van der Waals surface area contributed by atoms with E-state index in [2.05, 4.69) is 5.32 Å². The van der Waals surface area contributed by atoms with E-state index in [1.54, 1.807) is 4.90 Å². The summed E-state index contributed by atoms with van der Waals surface area (Å²) in [7, 11) is 0. The molecule has 1 unspecified atom stereocenters. The van der Waals surface area contributed by atoms with E-state index in [-0.39, 0.29) is 6.03 Å². The predicted octanol–water partition coefficient (Wildman–Crippen LogP) is 1.68. The van der Waals surface area contributed by atoms with Crippen LogP contribution in [0, 0.1) is 11.8 Å². The summed E-state index contributed by atoms with van der Waals surface area (Å²) in [5.41, 5.74) is 0. The van der Waals surface area contributed by atoms with Crippen molar-refractivity contribution in [3.05, 3.63) is 0 Å².